The van der Waals surface area contributed by atoms with Crippen LogP contribution >= 0.6 is 0 Å². The van der Waals surface area contributed by atoms with Crippen LogP contribution in [0.15, 0.2) is 29.1 Å². The molecule has 1 amide bonds. The Labute approximate surface area is 150 Å². The van der Waals surface area contributed by atoms with E-state index in [2.05, 4.69) is 5.92 Å². The lowest BCUT2D eigenvalue weighted by Crippen LogP contribution is -2.39. The van der Waals surface area contributed by atoms with Gasteiger partial charge in [-0.05, 0) is 18.2 Å². The third-order valence-corrected chi connectivity index (χ3v) is 4.13. The summed E-state index contributed by atoms with van der Waals surface area (Å²) >= 11 is 0. The number of halogens is 4. The number of hydrogen-bond donors (Lipinski definition) is 0. The Hall–Kier alpha value is -3.28. The zero-order valence-corrected chi connectivity index (χ0v) is 13.9. The van der Waals surface area contributed by atoms with Crippen LogP contribution in [0.3, 0.4) is 0 Å². The highest BCUT2D eigenvalue weighted by atomic mass is 19.4. The summed E-state index contributed by atoms with van der Waals surface area (Å²) < 4.78 is 58.9. The predicted molar refractivity (Wildman–Crippen MR) is 88.8 cm³/mol. The predicted octanol–water partition coefficient (Wildman–Crippen LogP) is 2.57. The van der Waals surface area contributed by atoms with Crippen LogP contribution in [0.2, 0.25) is 0 Å². The summed E-state index contributed by atoms with van der Waals surface area (Å²) in [5.41, 5.74) is -2.60. The van der Waals surface area contributed by atoms with Crippen molar-refractivity contribution in [3.8, 4) is 29.2 Å². The molecule has 3 rings (SSSR count). The van der Waals surface area contributed by atoms with E-state index in [4.69, 9.17) is 11.2 Å². The Morgan fingerprint density at radius 3 is 2.56 bits per heavy atom. The monoisotopic (exact) mass is 380 g/mol. The van der Waals surface area contributed by atoms with Crippen LogP contribution in [-0.4, -0.2) is 23.6 Å². The summed E-state index contributed by atoms with van der Waals surface area (Å²) in [4.78, 5) is 25.5. The first-order valence-electron chi connectivity index (χ1n) is 7.63. The van der Waals surface area contributed by atoms with Gasteiger partial charge in [-0.1, -0.05) is 5.92 Å². The molecular formula is C18H12F4N2O3. The fourth-order valence-electron chi connectivity index (χ4n) is 2.82. The quantitative estimate of drug-likeness (QED) is 0.595. The van der Waals surface area contributed by atoms with Crippen molar-refractivity contribution in [2.45, 2.75) is 6.18 Å². The highest BCUT2D eigenvalue weighted by Gasteiger charge is 2.34. The number of nitrogens with zero attached hydrogens (tertiary/aromatic N) is 2. The summed E-state index contributed by atoms with van der Waals surface area (Å²) in [5, 5.41) is 0. The number of carbonyl (C=O) groups is 1. The van der Waals surface area contributed by atoms with Gasteiger partial charge in [0.15, 0.2) is 6.61 Å². The number of carbonyl (C=O) groups excluding carboxylic acids is 1. The first-order valence-corrected chi connectivity index (χ1v) is 7.63. The number of alkyl halides is 3. The van der Waals surface area contributed by atoms with Gasteiger partial charge in [0.25, 0.3) is 11.5 Å². The van der Waals surface area contributed by atoms with Crippen LogP contribution in [0.5, 0.6) is 5.75 Å². The number of hydrogen-bond acceptors (Lipinski definition) is 3. The van der Waals surface area contributed by atoms with Crippen LogP contribution in [0.4, 0.5) is 23.2 Å². The molecule has 140 valence electrons. The van der Waals surface area contributed by atoms with Gasteiger partial charge in [0.1, 0.15) is 17.3 Å². The van der Waals surface area contributed by atoms with E-state index in [1.165, 1.54) is 11.0 Å². The number of aromatic nitrogens is 1. The minimum atomic E-state index is -4.73. The van der Waals surface area contributed by atoms with Crippen LogP contribution in [0.25, 0.3) is 11.1 Å². The maximum absolute atomic E-state index is 14.5. The summed E-state index contributed by atoms with van der Waals surface area (Å²) in [6.07, 6.45) is 0.509. The van der Waals surface area contributed by atoms with Gasteiger partial charge in [-0.15, -0.1) is 6.42 Å². The van der Waals surface area contributed by atoms with Gasteiger partial charge in [0, 0.05) is 18.7 Å². The Balaban J connectivity index is 2.20. The lowest BCUT2D eigenvalue weighted by molar-refractivity contribution is -0.143. The van der Waals surface area contributed by atoms with E-state index in [-0.39, 0.29) is 35.7 Å². The van der Waals surface area contributed by atoms with E-state index in [0.717, 1.165) is 19.2 Å². The second-order valence-corrected chi connectivity index (χ2v) is 5.77. The molecule has 1 aromatic carbocycles. The average Bonchev–Trinajstić information content (AvgIpc) is 2.59. The molecule has 0 atom stereocenters. The maximum atomic E-state index is 14.5. The largest absolute Gasteiger partial charge is 0.481 e. The lowest BCUT2D eigenvalue weighted by atomic mass is 10.0. The molecule has 0 spiro atoms. The molecule has 5 nitrogen and oxygen atoms in total. The molecule has 0 saturated carbocycles. The fourth-order valence-corrected chi connectivity index (χ4v) is 2.82. The molecular weight excluding hydrogens is 368 g/mol. The van der Waals surface area contributed by atoms with Gasteiger partial charge in [-0.3, -0.25) is 14.5 Å². The Morgan fingerprint density at radius 2 is 1.93 bits per heavy atom. The first-order chi connectivity index (χ1) is 12.6. The molecule has 0 unspecified atom stereocenters. The third kappa shape index (κ3) is 3.14. The fraction of sp³-hybridized carbons (Fsp3) is 0.222. The van der Waals surface area contributed by atoms with Gasteiger partial charge in [0.2, 0.25) is 0 Å². The lowest BCUT2D eigenvalue weighted by Gasteiger charge is -2.28. The Bertz CT molecular complexity index is 1030. The van der Waals surface area contributed by atoms with Gasteiger partial charge in [-0.2, -0.15) is 13.2 Å². The van der Waals surface area contributed by atoms with Crippen LogP contribution in [-0.2, 0) is 18.0 Å². The molecule has 0 aliphatic carbocycles. The minimum absolute atomic E-state index is 0.0508. The van der Waals surface area contributed by atoms with Crippen LogP contribution < -0.4 is 15.2 Å². The second-order valence-electron chi connectivity index (χ2n) is 5.77. The number of terminal acetylenes is 1. The third-order valence-electron chi connectivity index (χ3n) is 4.13. The minimum Gasteiger partial charge on any atom is -0.481 e. The van der Waals surface area contributed by atoms with E-state index < -0.39 is 29.2 Å². The van der Waals surface area contributed by atoms with E-state index in [0.29, 0.717) is 10.6 Å². The van der Waals surface area contributed by atoms with Crippen molar-refractivity contribution in [1.29, 1.82) is 0 Å². The molecule has 1 aliphatic rings. The molecule has 1 aliphatic heterocycles. The SMILES string of the molecule is C#CCN1C(=O)COc2cc(F)c(-c3ccc(C(F)(F)F)n(C)c3=O)cc21. The van der Waals surface area contributed by atoms with Gasteiger partial charge in [-0.25, -0.2) is 4.39 Å². The second kappa shape index (κ2) is 6.46. The number of fused-ring (bicyclic) bond motifs is 1. The molecule has 0 bridgehead atoms. The number of amides is 1. The van der Waals surface area contributed by atoms with Crippen molar-refractivity contribution in [2.75, 3.05) is 18.1 Å². The zero-order chi connectivity index (χ0) is 19.9. The molecule has 0 saturated heterocycles. The zero-order valence-electron chi connectivity index (χ0n) is 13.9. The van der Waals surface area contributed by atoms with E-state index >= 15 is 0 Å². The summed E-state index contributed by atoms with van der Waals surface area (Å²) in [6.45, 7) is -0.430. The van der Waals surface area contributed by atoms with E-state index in [1.54, 1.807) is 0 Å². The van der Waals surface area contributed by atoms with E-state index in [1.807, 2.05) is 0 Å². The van der Waals surface area contributed by atoms with Gasteiger partial charge >= 0.3 is 6.18 Å². The molecule has 2 aromatic rings. The number of rotatable bonds is 2. The standard InChI is InChI=1S/C18H12F4N2O3/c1-3-6-24-13-7-11(12(19)8-14(13)27-9-16(24)25)10-4-5-15(18(20,21)22)23(2)17(10)26/h1,4-5,7-8H,6,9H2,2H3. The normalized spacial score (nSPS) is 13.8. The number of benzene rings is 1. The van der Waals surface area contributed by atoms with Crippen molar-refractivity contribution in [3.05, 3.63) is 46.1 Å². The van der Waals surface area contributed by atoms with Gasteiger partial charge < -0.3 is 9.30 Å². The van der Waals surface area contributed by atoms with Crippen molar-refractivity contribution in [3.63, 3.8) is 0 Å². The average molecular weight is 380 g/mol. The molecule has 0 N–H and O–H groups in total. The van der Waals surface area contributed by atoms with Crippen molar-refractivity contribution in [1.82, 2.24) is 4.57 Å². The van der Waals surface area contributed by atoms with Crippen molar-refractivity contribution >= 4 is 11.6 Å². The number of ether oxygens (including phenoxy) is 1. The molecule has 9 heteroatoms. The van der Waals surface area contributed by atoms with E-state index in [9.17, 15) is 27.2 Å². The topological polar surface area (TPSA) is 51.5 Å². The Kier molecular flexibility index (Phi) is 4.43. The molecule has 0 fully saturated rings. The first kappa shape index (κ1) is 18.5. The van der Waals surface area contributed by atoms with Crippen LogP contribution in [0, 0.1) is 18.2 Å². The van der Waals surface area contributed by atoms with Crippen LogP contribution in [0.1, 0.15) is 5.69 Å². The molecule has 1 aromatic heterocycles. The Morgan fingerprint density at radius 1 is 1.22 bits per heavy atom. The molecule has 2 heterocycles. The summed E-state index contributed by atoms with van der Waals surface area (Å²) in [6, 6.07) is 3.73. The molecule has 0 radical (unpaired) electrons. The number of anilines is 1. The smallest absolute Gasteiger partial charge is 0.431 e. The van der Waals surface area contributed by atoms with Crippen molar-refractivity contribution in [2.24, 2.45) is 7.05 Å². The highest BCUT2D eigenvalue weighted by Crippen LogP contribution is 2.37. The van der Waals surface area contributed by atoms with Crippen molar-refractivity contribution < 1.29 is 27.1 Å². The summed E-state index contributed by atoms with van der Waals surface area (Å²) in [7, 11) is 0.947. The maximum Gasteiger partial charge on any atom is 0.431 e. The molecule has 27 heavy (non-hydrogen) atoms. The highest BCUT2D eigenvalue weighted by molar-refractivity contribution is 5.99. The van der Waals surface area contributed by atoms with Gasteiger partial charge in [0.05, 0.1) is 17.8 Å². The summed E-state index contributed by atoms with van der Waals surface area (Å²) in [5.74, 6) is 1.01. The number of pyridine rings is 1.